The number of aryl methyl sites for hydroxylation is 1. The topological polar surface area (TPSA) is 79.6 Å². The first-order valence-corrected chi connectivity index (χ1v) is 9.81. The lowest BCUT2D eigenvalue weighted by Gasteiger charge is -2.17. The maximum absolute atomic E-state index is 12.6. The van der Waals surface area contributed by atoms with Gasteiger partial charge in [0, 0.05) is 12.6 Å². The van der Waals surface area contributed by atoms with Crippen molar-refractivity contribution in [2.45, 2.75) is 18.4 Å². The molecule has 1 aromatic heterocycles. The maximum atomic E-state index is 12.6. The summed E-state index contributed by atoms with van der Waals surface area (Å²) in [7, 11) is -1.99. The quantitative estimate of drug-likeness (QED) is 0.703. The molecule has 1 N–H and O–H groups in total. The molecular formula is C20H20N2O4S. The van der Waals surface area contributed by atoms with Gasteiger partial charge in [-0.3, -0.25) is 9.52 Å². The van der Waals surface area contributed by atoms with E-state index < -0.39 is 10.0 Å². The summed E-state index contributed by atoms with van der Waals surface area (Å²) in [5.74, 6) is 0.516. The summed E-state index contributed by atoms with van der Waals surface area (Å²) in [5, 5.41) is 0. The minimum absolute atomic E-state index is 0.174. The van der Waals surface area contributed by atoms with Crippen LogP contribution in [0.3, 0.4) is 0 Å². The zero-order valence-corrected chi connectivity index (χ0v) is 15.9. The summed E-state index contributed by atoms with van der Waals surface area (Å²) in [6.45, 7) is 2.11. The number of rotatable bonds is 6. The van der Waals surface area contributed by atoms with E-state index in [-0.39, 0.29) is 10.8 Å². The fourth-order valence-corrected chi connectivity index (χ4v) is 3.79. The molecule has 0 saturated heterocycles. The third-order valence-corrected chi connectivity index (χ3v) is 5.47. The van der Waals surface area contributed by atoms with Crippen LogP contribution in [0.1, 0.15) is 21.7 Å². The number of anilines is 1. The number of carbonyl (C=O) groups excluding carboxylic acids is 1. The van der Waals surface area contributed by atoms with Crippen molar-refractivity contribution in [1.82, 2.24) is 4.90 Å². The molecule has 0 bridgehead atoms. The van der Waals surface area contributed by atoms with Crippen molar-refractivity contribution < 1.29 is 17.6 Å². The molecule has 1 amide bonds. The highest BCUT2D eigenvalue weighted by molar-refractivity contribution is 7.92. The van der Waals surface area contributed by atoms with Crippen LogP contribution < -0.4 is 4.72 Å². The molecule has 2 aromatic carbocycles. The molecule has 7 heteroatoms. The van der Waals surface area contributed by atoms with E-state index in [1.165, 1.54) is 12.1 Å². The SMILES string of the molecule is Cc1cc(C(=O)N(C)Cc2ccco2)ccc1NS(=O)(=O)c1ccccc1. The van der Waals surface area contributed by atoms with E-state index in [9.17, 15) is 13.2 Å². The maximum Gasteiger partial charge on any atom is 0.261 e. The van der Waals surface area contributed by atoms with Crippen molar-refractivity contribution in [3.63, 3.8) is 0 Å². The third-order valence-electron chi connectivity index (χ3n) is 4.09. The molecule has 0 aliphatic rings. The van der Waals surface area contributed by atoms with Crippen LogP contribution in [0.25, 0.3) is 0 Å². The molecule has 1 heterocycles. The van der Waals surface area contributed by atoms with E-state index in [2.05, 4.69) is 4.72 Å². The number of hydrogen-bond donors (Lipinski definition) is 1. The average molecular weight is 384 g/mol. The monoisotopic (exact) mass is 384 g/mol. The Hall–Kier alpha value is -3.06. The Bertz CT molecular complexity index is 1030. The molecule has 0 aliphatic heterocycles. The van der Waals surface area contributed by atoms with E-state index in [4.69, 9.17) is 4.42 Å². The highest BCUT2D eigenvalue weighted by Crippen LogP contribution is 2.22. The zero-order chi connectivity index (χ0) is 19.4. The van der Waals surface area contributed by atoms with Crippen molar-refractivity contribution in [2.75, 3.05) is 11.8 Å². The molecule has 0 radical (unpaired) electrons. The van der Waals surface area contributed by atoms with E-state index >= 15 is 0 Å². The molecule has 6 nitrogen and oxygen atoms in total. The van der Waals surface area contributed by atoms with E-state index in [1.807, 2.05) is 0 Å². The van der Waals surface area contributed by atoms with Crippen molar-refractivity contribution in [2.24, 2.45) is 0 Å². The van der Waals surface area contributed by atoms with Crippen molar-refractivity contribution in [3.8, 4) is 0 Å². The molecular weight excluding hydrogens is 364 g/mol. The molecule has 0 spiro atoms. The Morgan fingerprint density at radius 2 is 1.81 bits per heavy atom. The number of nitrogens with zero attached hydrogens (tertiary/aromatic N) is 1. The number of furan rings is 1. The van der Waals surface area contributed by atoms with Crippen molar-refractivity contribution >= 4 is 21.6 Å². The molecule has 0 saturated carbocycles. The summed E-state index contributed by atoms with van der Waals surface area (Å²) in [6.07, 6.45) is 1.56. The Morgan fingerprint density at radius 3 is 2.44 bits per heavy atom. The van der Waals surface area contributed by atoms with Gasteiger partial charge in [0.1, 0.15) is 5.76 Å². The van der Waals surface area contributed by atoms with Crippen LogP contribution in [0.4, 0.5) is 5.69 Å². The van der Waals surface area contributed by atoms with Gasteiger partial charge in [0.05, 0.1) is 23.4 Å². The summed E-state index contributed by atoms with van der Waals surface area (Å²) in [4.78, 5) is 14.3. The number of amides is 1. The molecule has 0 unspecified atom stereocenters. The van der Waals surface area contributed by atoms with Gasteiger partial charge in [0.15, 0.2) is 0 Å². The Labute approximate surface area is 158 Å². The van der Waals surface area contributed by atoms with Gasteiger partial charge in [-0.2, -0.15) is 0 Å². The van der Waals surface area contributed by atoms with Crippen LogP contribution in [0, 0.1) is 6.92 Å². The predicted molar refractivity (Wildman–Crippen MR) is 103 cm³/mol. The van der Waals surface area contributed by atoms with Gasteiger partial charge in [-0.05, 0) is 55.0 Å². The smallest absolute Gasteiger partial charge is 0.261 e. The molecule has 0 fully saturated rings. The lowest BCUT2D eigenvalue weighted by molar-refractivity contribution is 0.0775. The number of benzene rings is 2. The second-order valence-electron chi connectivity index (χ2n) is 6.19. The Kier molecular flexibility index (Phi) is 5.32. The largest absolute Gasteiger partial charge is 0.467 e. The summed E-state index contributed by atoms with van der Waals surface area (Å²) >= 11 is 0. The van der Waals surface area contributed by atoms with Crippen LogP contribution in [0.15, 0.2) is 76.2 Å². The van der Waals surface area contributed by atoms with Crippen LogP contribution >= 0.6 is 0 Å². The minimum atomic E-state index is -3.68. The number of nitrogens with one attached hydrogen (secondary N) is 1. The van der Waals surface area contributed by atoms with Gasteiger partial charge in [0.2, 0.25) is 0 Å². The van der Waals surface area contributed by atoms with E-state index in [1.54, 1.807) is 73.7 Å². The van der Waals surface area contributed by atoms with Crippen molar-refractivity contribution in [1.29, 1.82) is 0 Å². The molecule has 3 aromatic rings. The second-order valence-corrected chi connectivity index (χ2v) is 7.87. The number of hydrogen-bond acceptors (Lipinski definition) is 4. The molecule has 0 atom stereocenters. The zero-order valence-electron chi connectivity index (χ0n) is 15.0. The number of sulfonamides is 1. The van der Waals surface area contributed by atoms with Crippen LogP contribution in [-0.2, 0) is 16.6 Å². The lowest BCUT2D eigenvalue weighted by Crippen LogP contribution is -2.26. The van der Waals surface area contributed by atoms with Crippen LogP contribution in [0.2, 0.25) is 0 Å². The third kappa shape index (κ3) is 4.38. The summed E-state index contributed by atoms with van der Waals surface area (Å²) < 4.78 is 32.7. The fraction of sp³-hybridized carbons (Fsp3) is 0.150. The van der Waals surface area contributed by atoms with E-state index in [0.29, 0.717) is 29.1 Å². The fourth-order valence-electron chi connectivity index (χ4n) is 2.64. The summed E-state index contributed by atoms with van der Waals surface area (Å²) in [5.41, 5.74) is 1.57. The first-order chi connectivity index (χ1) is 12.9. The highest BCUT2D eigenvalue weighted by atomic mass is 32.2. The Morgan fingerprint density at radius 1 is 1.07 bits per heavy atom. The first-order valence-electron chi connectivity index (χ1n) is 8.33. The summed E-state index contributed by atoms with van der Waals surface area (Å²) in [6, 6.07) is 16.6. The molecule has 140 valence electrons. The van der Waals surface area contributed by atoms with Crippen molar-refractivity contribution in [3.05, 3.63) is 83.8 Å². The minimum Gasteiger partial charge on any atom is -0.467 e. The molecule has 27 heavy (non-hydrogen) atoms. The van der Waals surface area contributed by atoms with Gasteiger partial charge in [-0.15, -0.1) is 0 Å². The highest BCUT2D eigenvalue weighted by Gasteiger charge is 2.17. The van der Waals surface area contributed by atoms with Crippen LogP contribution in [0.5, 0.6) is 0 Å². The average Bonchev–Trinajstić information content (AvgIpc) is 3.16. The van der Waals surface area contributed by atoms with Gasteiger partial charge in [0.25, 0.3) is 15.9 Å². The van der Waals surface area contributed by atoms with E-state index in [0.717, 1.165) is 0 Å². The van der Waals surface area contributed by atoms with Gasteiger partial charge in [-0.25, -0.2) is 8.42 Å². The number of carbonyl (C=O) groups is 1. The van der Waals surface area contributed by atoms with Gasteiger partial charge < -0.3 is 9.32 Å². The molecule has 0 aliphatic carbocycles. The standard InChI is InChI=1S/C20H20N2O4S/c1-15-13-16(20(23)22(2)14-17-7-6-12-26-17)10-11-19(15)21-27(24,25)18-8-4-3-5-9-18/h3-13,21H,14H2,1-2H3. The Balaban J connectivity index is 1.76. The second kappa shape index (κ2) is 7.67. The predicted octanol–water partition coefficient (Wildman–Crippen LogP) is 3.66. The first kappa shape index (κ1) is 18.7. The van der Waals surface area contributed by atoms with Crippen LogP contribution in [-0.4, -0.2) is 26.3 Å². The van der Waals surface area contributed by atoms with Gasteiger partial charge in [-0.1, -0.05) is 18.2 Å². The molecule has 3 rings (SSSR count). The normalized spacial score (nSPS) is 11.2. The van der Waals surface area contributed by atoms with Gasteiger partial charge >= 0.3 is 0 Å². The lowest BCUT2D eigenvalue weighted by atomic mass is 10.1.